The standard InChI is InChI=1S/C11H11ClN2OS/c12-4-9-3-10-6-15-11(5-14(10)13-9)8-1-2-16-7-8/h1-3,7,11H,4-6H2/t11-/m0/s1. The summed E-state index contributed by atoms with van der Waals surface area (Å²) in [5.41, 5.74) is 3.27. The lowest BCUT2D eigenvalue weighted by Crippen LogP contribution is -2.21. The van der Waals surface area contributed by atoms with E-state index >= 15 is 0 Å². The molecule has 3 rings (SSSR count). The van der Waals surface area contributed by atoms with Gasteiger partial charge in [0.15, 0.2) is 0 Å². The van der Waals surface area contributed by atoms with Crippen molar-refractivity contribution in [2.75, 3.05) is 0 Å². The first-order valence-corrected chi connectivity index (χ1v) is 6.60. The number of hydrogen-bond donors (Lipinski definition) is 0. The molecule has 0 aliphatic carbocycles. The van der Waals surface area contributed by atoms with Gasteiger partial charge < -0.3 is 4.74 Å². The van der Waals surface area contributed by atoms with E-state index in [-0.39, 0.29) is 6.10 Å². The number of nitrogens with zero attached hydrogens (tertiary/aromatic N) is 2. The fourth-order valence-corrected chi connectivity index (χ4v) is 2.74. The highest BCUT2D eigenvalue weighted by atomic mass is 35.5. The Morgan fingerprint density at radius 3 is 3.31 bits per heavy atom. The fourth-order valence-electron chi connectivity index (χ4n) is 1.91. The Bertz CT molecular complexity index is 480. The first kappa shape index (κ1) is 10.3. The number of thiophene rings is 1. The molecular weight excluding hydrogens is 244 g/mol. The largest absolute Gasteiger partial charge is 0.365 e. The van der Waals surface area contributed by atoms with Crippen molar-refractivity contribution in [2.24, 2.45) is 0 Å². The maximum atomic E-state index is 5.81. The van der Waals surface area contributed by atoms with Crippen molar-refractivity contribution in [2.45, 2.75) is 25.1 Å². The van der Waals surface area contributed by atoms with Crippen LogP contribution in [-0.2, 0) is 23.8 Å². The third-order valence-corrected chi connectivity index (χ3v) is 3.71. The van der Waals surface area contributed by atoms with Crippen molar-refractivity contribution < 1.29 is 4.74 Å². The van der Waals surface area contributed by atoms with Gasteiger partial charge in [-0.15, -0.1) is 11.6 Å². The van der Waals surface area contributed by atoms with Gasteiger partial charge in [0.1, 0.15) is 6.10 Å². The van der Waals surface area contributed by atoms with Crippen molar-refractivity contribution in [3.05, 3.63) is 39.8 Å². The molecule has 0 radical (unpaired) electrons. The van der Waals surface area contributed by atoms with E-state index < -0.39 is 0 Å². The van der Waals surface area contributed by atoms with E-state index in [0.29, 0.717) is 12.5 Å². The van der Waals surface area contributed by atoms with Crippen LogP contribution in [0, 0.1) is 0 Å². The summed E-state index contributed by atoms with van der Waals surface area (Å²) in [6.07, 6.45) is 0.127. The smallest absolute Gasteiger partial charge is 0.103 e. The molecule has 0 unspecified atom stereocenters. The lowest BCUT2D eigenvalue weighted by molar-refractivity contribution is -0.000930. The number of hydrogen-bond acceptors (Lipinski definition) is 3. The minimum Gasteiger partial charge on any atom is -0.365 e. The van der Waals surface area contributed by atoms with Crippen LogP contribution in [0.4, 0.5) is 0 Å². The monoisotopic (exact) mass is 254 g/mol. The zero-order valence-electron chi connectivity index (χ0n) is 8.60. The number of halogens is 1. The molecule has 1 aliphatic heterocycles. The minimum atomic E-state index is 0.127. The Hall–Kier alpha value is -0.840. The number of rotatable bonds is 2. The summed E-state index contributed by atoms with van der Waals surface area (Å²) in [5.74, 6) is 0.461. The van der Waals surface area contributed by atoms with Gasteiger partial charge in [-0.1, -0.05) is 0 Å². The van der Waals surface area contributed by atoms with E-state index in [1.165, 1.54) is 5.56 Å². The molecule has 84 valence electrons. The summed E-state index contributed by atoms with van der Waals surface area (Å²) in [7, 11) is 0. The molecule has 0 amide bonds. The number of fused-ring (bicyclic) bond motifs is 1. The predicted octanol–water partition coefficient (Wildman–Crippen LogP) is 2.95. The van der Waals surface area contributed by atoms with Gasteiger partial charge in [-0.05, 0) is 28.5 Å². The summed E-state index contributed by atoms with van der Waals surface area (Å²) in [4.78, 5) is 0. The molecule has 16 heavy (non-hydrogen) atoms. The zero-order chi connectivity index (χ0) is 11.0. The molecular formula is C11H11ClN2OS. The van der Waals surface area contributed by atoms with Crippen molar-refractivity contribution in [1.29, 1.82) is 0 Å². The molecule has 0 saturated heterocycles. The quantitative estimate of drug-likeness (QED) is 0.771. The second-order valence-electron chi connectivity index (χ2n) is 3.80. The van der Waals surface area contributed by atoms with E-state index in [4.69, 9.17) is 16.3 Å². The highest BCUT2D eigenvalue weighted by Crippen LogP contribution is 2.27. The second kappa shape index (κ2) is 4.20. The Balaban J connectivity index is 1.85. The molecule has 1 aliphatic rings. The highest BCUT2D eigenvalue weighted by Gasteiger charge is 2.22. The molecule has 1 atom stereocenters. The normalized spacial score (nSPS) is 19.7. The molecule has 3 nitrogen and oxygen atoms in total. The van der Waals surface area contributed by atoms with Crippen molar-refractivity contribution >= 4 is 22.9 Å². The number of ether oxygens (including phenoxy) is 1. The van der Waals surface area contributed by atoms with E-state index in [0.717, 1.165) is 17.9 Å². The third-order valence-electron chi connectivity index (χ3n) is 2.74. The SMILES string of the molecule is ClCc1cc2n(n1)C[C@@H](c1ccsc1)OC2. The Kier molecular flexibility index (Phi) is 2.71. The van der Waals surface area contributed by atoms with Crippen LogP contribution >= 0.6 is 22.9 Å². The average Bonchev–Trinajstić information content (AvgIpc) is 2.96. The van der Waals surface area contributed by atoms with E-state index in [1.54, 1.807) is 11.3 Å². The lowest BCUT2D eigenvalue weighted by atomic mass is 10.2. The first-order chi connectivity index (χ1) is 7.86. The molecule has 0 spiro atoms. The zero-order valence-corrected chi connectivity index (χ0v) is 10.2. The fraction of sp³-hybridized carbons (Fsp3) is 0.364. The van der Waals surface area contributed by atoms with Gasteiger partial charge in [0, 0.05) is 0 Å². The van der Waals surface area contributed by atoms with Crippen LogP contribution in [0.3, 0.4) is 0 Å². The molecule has 0 N–H and O–H groups in total. The molecule has 3 heterocycles. The van der Waals surface area contributed by atoms with Gasteiger partial charge in [-0.3, -0.25) is 4.68 Å². The summed E-state index contributed by atoms with van der Waals surface area (Å²) >= 11 is 7.46. The topological polar surface area (TPSA) is 27.1 Å². The van der Waals surface area contributed by atoms with Gasteiger partial charge >= 0.3 is 0 Å². The molecule has 5 heteroatoms. The van der Waals surface area contributed by atoms with Gasteiger partial charge in [-0.25, -0.2) is 0 Å². The highest BCUT2D eigenvalue weighted by molar-refractivity contribution is 7.07. The first-order valence-electron chi connectivity index (χ1n) is 5.12. The molecule has 0 saturated carbocycles. The Morgan fingerprint density at radius 2 is 2.56 bits per heavy atom. The number of aromatic nitrogens is 2. The van der Waals surface area contributed by atoms with Crippen LogP contribution in [0.25, 0.3) is 0 Å². The summed E-state index contributed by atoms with van der Waals surface area (Å²) in [6, 6.07) is 4.11. The summed E-state index contributed by atoms with van der Waals surface area (Å²) in [6.45, 7) is 1.40. The average molecular weight is 255 g/mol. The van der Waals surface area contributed by atoms with E-state index in [9.17, 15) is 0 Å². The maximum Gasteiger partial charge on any atom is 0.103 e. The molecule has 2 aromatic rings. The molecule has 0 fully saturated rings. The van der Waals surface area contributed by atoms with Crippen molar-refractivity contribution in [3.8, 4) is 0 Å². The Morgan fingerprint density at radius 1 is 1.62 bits per heavy atom. The van der Waals surface area contributed by atoms with Crippen molar-refractivity contribution in [1.82, 2.24) is 9.78 Å². The minimum absolute atomic E-state index is 0.127. The van der Waals surface area contributed by atoms with Crippen LogP contribution in [0.2, 0.25) is 0 Å². The maximum absolute atomic E-state index is 5.81. The van der Waals surface area contributed by atoms with Crippen LogP contribution < -0.4 is 0 Å². The lowest BCUT2D eigenvalue weighted by Gasteiger charge is -2.23. The number of alkyl halides is 1. The summed E-state index contributed by atoms with van der Waals surface area (Å²) < 4.78 is 7.81. The van der Waals surface area contributed by atoms with E-state index in [1.807, 2.05) is 10.7 Å². The van der Waals surface area contributed by atoms with Gasteiger partial charge in [0.25, 0.3) is 0 Å². The third kappa shape index (κ3) is 1.77. The van der Waals surface area contributed by atoms with Crippen LogP contribution in [0.5, 0.6) is 0 Å². The predicted molar refractivity (Wildman–Crippen MR) is 63.6 cm³/mol. The summed E-state index contributed by atoms with van der Waals surface area (Å²) in [5, 5.41) is 8.64. The van der Waals surface area contributed by atoms with Gasteiger partial charge in [0.2, 0.25) is 0 Å². The van der Waals surface area contributed by atoms with Crippen LogP contribution in [0.15, 0.2) is 22.9 Å². The molecule has 0 bridgehead atoms. The molecule has 0 aromatic carbocycles. The second-order valence-corrected chi connectivity index (χ2v) is 4.85. The van der Waals surface area contributed by atoms with Crippen LogP contribution in [-0.4, -0.2) is 9.78 Å². The van der Waals surface area contributed by atoms with Crippen molar-refractivity contribution in [3.63, 3.8) is 0 Å². The van der Waals surface area contributed by atoms with Crippen LogP contribution in [0.1, 0.15) is 23.1 Å². The van der Waals surface area contributed by atoms with E-state index in [2.05, 4.69) is 21.9 Å². The Labute approximate surface area is 103 Å². The molecule has 2 aromatic heterocycles. The van der Waals surface area contributed by atoms with Gasteiger partial charge in [0.05, 0.1) is 30.4 Å². The van der Waals surface area contributed by atoms with Gasteiger partial charge in [-0.2, -0.15) is 16.4 Å².